The van der Waals surface area contributed by atoms with Crippen LogP contribution in [0.2, 0.25) is 0 Å². The van der Waals surface area contributed by atoms with E-state index in [1.165, 1.54) is 5.56 Å². The number of aliphatic imine (C=N–C) groups is 1. The molecule has 0 aromatic carbocycles. The maximum Gasteiger partial charge on any atom is 0.194 e. The number of nitrogens with one attached hydrogen (secondary N) is 1. The first-order chi connectivity index (χ1) is 13.1. The Morgan fingerprint density at radius 3 is 2.82 bits per heavy atom. The number of methoxy groups -OCH3 is 1. The molecule has 1 atom stereocenters. The molecule has 1 fully saturated rings. The zero-order valence-corrected chi connectivity index (χ0v) is 19.5. The molecule has 10 heteroatoms. The molecular weight excluding hydrogens is 471 g/mol. The lowest BCUT2D eigenvalue weighted by Gasteiger charge is -2.22. The lowest BCUT2D eigenvalue weighted by molar-refractivity contribution is 0.195. The normalized spacial score (nSPS) is 17.1. The second kappa shape index (κ2) is 10.7. The number of aryl methyl sites for hydroxylation is 2. The van der Waals surface area contributed by atoms with Crippen molar-refractivity contribution in [3.63, 3.8) is 0 Å². The van der Waals surface area contributed by atoms with Gasteiger partial charge >= 0.3 is 0 Å². The predicted molar refractivity (Wildman–Crippen MR) is 119 cm³/mol. The molecule has 2 aromatic heterocycles. The molecule has 0 spiro atoms. The number of likely N-dealkylation sites (tertiary alicyclic amines) is 1. The van der Waals surface area contributed by atoms with E-state index < -0.39 is 0 Å². The summed E-state index contributed by atoms with van der Waals surface area (Å²) >= 11 is 0. The number of ether oxygens (including phenoxy) is 1. The Hall–Kier alpha value is -1.69. The number of nitrogens with zero attached hydrogens (tertiary/aromatic N) is 7. The summed E-state index contributed by atoms with van der Waals surface area (Å²) in [5, 5.41) is 16.1. The summed E-state index contributed by atoms with van der Waals surface area (Å²) < 4.78 is 9.00. The molecule has 156 valence electrons. The number of hydrogen-bond acceptors (Lipinski definition) is 5. The van der Waals surface area contributed by atoms with Crippen molar-refractivity contribution in [3.8, 4) is 0 Å². The second-order valence-electron chi connectivity index (χ2n) is 7.01. The van der Waals surface area contributed by atoms with Crippen LogP contribution in [0.1, 0.15) is 36.0 Å². The highest BCUT2D eigenvalue weighted by Gasteiger charge is 2.27. The van der Waals surface area contributed by atoms with E-state index in [0.717, 1.165) is 56.7 Å². The van der Waals surface area contributed by atoms with Gasteiger partial charge in [0.25, 0.3) is 0 Å². The van der Waals surface area contributed by atoms with Crippen molar-refractivity contribution in [2.45, 2.75) is 32.2 Å². The summed E-state index contributed by atoms with van der Waals surface area (Å²) in [5.74, 6) is 3.18. The van der Waals surface area contributed by atoms with Gasteiger partial charge in [-0.25, -0.2) is 4.99 Å². The molecule has 2 aromatic rings. The van der Waals surface area contributed by atoms with E-state index in [0.29, 0.717) is 12.5 Å². The van der Waals surface area contributed by atoms with Gasteiger partial charge < -0.3 is 19.5 Å². The summed E-state index contributed by atoms with van der Waals surface area (Å²) in [6.45, 7) is 5.95. The van der Waals surface area contributed by atoms with Gasteiger partial charge in [0.1, 0.15) is 12.4 Å². The van der Waals surface area contributed by atoms with E-state index in [1.54, 1.807) is 7.11 Å². The van der Waals surface area contributed by atoms with Gasteiger partial charge in [-0.15, -0.1) is 34.2 Å². The van der Waals surface area contributed by atoms with Gasteiger partial charge in [-0.3, -0.25) is 4.68 Å². The van der Waals surface area contributed by atoms with E-state index in [2.05, 4.69) is 31.7 Å². The average Bonchev–Trinajstić information content (AvgIpc) is 3.37. The maximum atomic E-state index is 5.15. The molecule has 3 rings (SSSR count). The standard InChI is InChI=1S/C18H30N8O.HI/c1-14-22-23-17(25(14)3)11-20-18(19-7-5-9-27-4)26-8-6-15(13-26)16-10-21-24(2)12-16;/h10,12,15H,5-9,11,13H2,1-4H3,(H,19,20);1H. The van der Waals surface area contributed by atoms with Crippen LogP contribution in [-0.2, 0) is 25.4 Å². The van der Waals surface area contributed by atoms with Gasteiger partial charge in [0, 0.05) is 59.6 Å². The molecule has 1 aliphatic rings. The Labute approximate surface area is 183 Å². The quantitative estimate of drug-likeness (QED) is 0.267. The monoisotopic (exact) mass is 502 g/mol. The predicted octanol–water partition coefficient (Wildman–Crippen LogP) is 1.45. The Kier molecular flexibility index (Phi) is 8.67. The second-order valence-corrected chi connectivity index (χ2v) is 7.01. The van der Waals surface area contributed by atoms with Crippen LogP contribution in [-0.4, -0.2) is 68.8 Å². The SMILES string of the molecule is COCCCNC(=NCc1nnc(C)n1C)N1CCC(c2cnn(C)c2)C1.I. The summed E-state index contributed by atoms with van der Waals surface area (Å²) in [7, 11) is 5.66. The summed E-state index contributed by atoms with van der Waals surface area (Å²) in [6, 6.07) is 0. The fourth-order valence-corrected chi connectivity index (χ4v) is 3.29. The maximum absolute atomic E-state index is 5.15. The van der Waals surface area contributed by atoms with Crippen LogP contribution in [0.4, 0.5) is 0 Å². The molecule has 28 heavy (non-hydrogen) atoms. The third kappa shape index (κ3) is 5.66. The fourth-order valence-electron chi connectivity index (χ4n) is 3.29. The molecule has 0 saturated carbocycles. The Morgan fingerprint density at radius 2 is 2.18 bits per heavy atom. The van der Waals surface area contributed by atoms with E-state index in [1.807, 2.05) is 36.5 Å². The van der Waals surface area contributed by atoms with Crippen LogP contribution < -0.4 is 5.32 Å². The van der Waals surface area contributed by atoms with Crippen LogP contribution in [0, 0.1) is 6.92 Å². The van der Waals surface area contributed by atoms with Crippen molar-refractivity contribution in [3.05, 3.63) is 29.6 Å². The molecule has 0 radical (unpaired) electrons. The van der Waals surface area contributed by atoms with Crippen LogP contribution in [0.5, 0.6) is 0 Å². The number of guanidine groups is 1. The van der Waals surface area contributed by atoms with E-state index in [-0.39, 0.29) is 24.0 Å². The number of hydrogen-bond donors (Lipinski definition) is 1. The number of halogens is 1. The Morgan fingerprint density at radius 1 is 1.36 bits per heavy atom. The molecule has 1 aliphatic heterocycles. The number of aromatic nitrogens is 5. The fraction of sp³-hybridized carbons (Fsp3) is 0.667. The van der Waals surface area contributed by atoms with E-state index >= 15 is 0 Å². The molecule has 1 saturated heterocycles. The van der Waals surface area contributed by atoms with Gasteiger partial charge in [-0.1, -0.05) is 0 Å². The molecule has 0 bridgehead atoms. The molecular formula is C18H31IN8O. The van der Waals surface area contributed by atoms with Crippen molar-refractivity contribution < 1.29 is 4.74 Å². The van der Waals surface area contributed by atoms with E-state index in [4.69, 9.17) is 9.73 Å². The lowest BCUT2D eigenvalue weighted by atomic mass is 10.0. The van der Waals surface area contributed by atoms with Crippen LogP contribution in [0.3, 0.4) is 0 Å². The summed E-state index contributed by atoms with van der Waals surface area (Å²) in [5.41, 5.74) is 1.29. The highest BCUT2D eigenvalue weighted by Crippen LogP contribution is 2.26. The zero-order chi connectivity index (χ0) is 19.2. The molecule has 0 aliphatic carbocycles. The molecule has 1 unspecified atom stereocenters. The van der Waals surface area contributed by atoms with Crippen LogP contribution in [0.15, 0.2) is 17.4 Å². The third-order valence-electron chi connectivity index (χ3n) is 5.05. The van der Waals surface area contributed by atoms with Gasteiger partial charge in [0.05, 0.1) is 6.20 Å². The molecule has 1 N–H and O–H groups in total. The van der Waals surface area contributed by atoms with E-state index in [9.17, 15) is 0 Å². The minimum Gasteiger partial charge on any atom is -0.385 e. The van der Waals surface area contributed by atoms with Crippen molar-refractivity contribution >= 4 is 29.9 Å². The molecule has 9 nitrogen and oxygen atoms in total. The van der Waals surface area contributed by atoms with Crippen LogP contribution in [0.25, 0.3) is 0 Å². The molecule has 3 heterocycles. The Balaban J connectivity index is 0.00000280. The van der Waals surface area contributed by atoms with Gasteiger partial charge in [-0.05, 0) is 25.3 Å². The Bertz CT molecular complexity index is 771. The van der Waals surface area contributed by atoms with Crippen molar-refractivity contribution in [2.75, 3.05) is 33.4 Å². The zero-order valence-electron chi connectivity index (χ0n) is 17.1. The minimum absolute atomic E-state index is 0. The van der Waals surface area contributed by atoms with Crippen molar-refractivity contribution in [2.24, 2.45) is 19.1 Å². The lowest BCUT2D eigenvalue weighted by Crippen LogP contribution is -2.40. The average molecular weight is 502 g/mol. The first-order valence-electron chi connectivity index (χ1n) is 9.44. The van der Waals surface area contributed by atoms with Gasteiger partial charge in [-0.2, -0.15) is 5.10 Å². The summed E-state index contributed by atoms with van der Waals surface area (Å²) in [4.78, 5) is 7.15. The number of rotatable bonds is 7. The van der Waals surface area contributed by atoms with Crippen LogP contribution >= 0.6 is 24.0 Å². The first kappa shape index (κ1) is 22.6. The van der Waals surface area contributed by atoms with Gasteiger partial charge in [0.15, 0.2) is 11.8 Å². The largest absolute Gasteiger partial charge is 0.385 e. The third-order valence-corrected chi connectivity index (χ3v) is 5.05. The van der Waals surface area contributed by atoms with Crippen molar-refractivity contribution in [1.82, 2.24) is 34.8 Å². The highest BCUT2D eigenvalue weighted by molar-refractivity contribution is 14.0. The van der Waals surface area contributed by atoms with Gasteiger partial charge in [0.2, 0.25) is 0 Å². The summed E-state index contributed by atoms with van der Waals surface area (Å²) in [6.07, 6.45) is 6.13. The topological polar surface area (TPSA) is 85.4 Å². The molecule has 0 amide bonds. The smallest absolute Gasteiger partial charge is 0.194 e. The first-order valence-corrected chi connectivity index (χ1v) is 9.44. The minimum atomic E-state index is 0. The highest BCUT2D eigenvalue weighted by atomic mass is 127. The van der Waals surface area contributed by atoms with Crippen molar-refractivity contribution in [1.29, 1.82) is 0 Å².